The van der Waals surface area contributed by atoms with Crippen LogP contribution in [0.4, 0.5) is 19.0 Å². The van der Waals surface area contributed by atoms with Gasteiger partial charge in [0.15, 0.2) is 0 Å². The number of aromatic nitrogens is 2. The average Bonchev–Trinajstić information content (AvgIpc) is 2.46. The molecule has 0 saturated heterocycles. The number of ether oxygens (including phenoxy) is 1. The highest BCUT2D eigenvalue weighted by Crippen LogP contribution is 2.25. The summed E-state index contributed by atoms with van der Waals surface area (Å²) in [6.45, 7) is 1.88. The molecule has 0 radical (unpaired) electrons. The van der Waals surface area contributed by atoms with Crippen molar-refractivity contribution in [2.45, 2.75) is 24.4 Å². The summed E-state index contributed by atoms with van der Waals surface area (Å²) in [5.41, 5.74) is 0.811. The molecule has 2 rings (SSSR count). The molecule has 0 amide bonds. The topological polar surface area (TPSA) is 47.0 Å². The fourth-order valence-electron chi connectivity index (χ4n) is 1.78. The molecule has 0 spiro atoms. The Balaban J connectivity index is 2.04. The van der Waals surface area contributed by atoms with E-state index in [4.69, 9.17) is 0 Å². The Morgan fingerprint density at radius 2 is 1.86 bits per heavy atom. The van der Waals surface area contributed by atoms with E-state index in [1.165, 1.54) is 23.9 Å². The summed E-state index contributed by atoms with van der Waals surface area (Å²) in [7, 11) is 0. The molecule has 22 heavy (non-hydrogen) atoms. The molecule has 0 unspecified atom stereocenters. The van der Waals surface area contributed by atoms with Crippen molar-refractivity contribution in [2.75, 3.05) is 11.6 Å². The third kappa shape index (κ3) is 4.80. The molecule has 2 aromatic rings. The molecule has 1 N–H and O–H groups in total. The van der Waals surface area contributed by atoms with Gasteiger partial charge in [0.1, 0.15) is 16.6 Å². The van der Waals surface area contributed by atoms with Crippen molar-refractivity contribution >= 4 is 17.6 Å². The maximum absolute atomic E-state index is 12.1. The third-order valence-electron chi connectivity index (χ3n) is 2.80. The Morgan fingerprint density at radius 1 is 1.18 bits per heavy atom. The lowest BCUT2D eigenvalue weighted by atomic mass is 10.1. The van der Waals surface area contributed by atoms with Crippen LogP contribution in [0, 0.1) is 0 Å². The summed E-state index contributed by atoms with van der Waals surface area (Å²) >= 11 is 1.48. The quantitative estimate of drug-likeness (QED) is 0.830. The SMILES string of the molecule is CSc1cncc(N[C@@H](C)c2ccc(OC(F)(F)F)cc2)n1. The Hall–Kier alpha value is -1.96. The van der Waals surface area contributed by atoms with Gasteiger partial charge in [0.25, 0.3) is 0 Å². The monoisotopic (exact) mass is 329 g/mol. The largest absolute Gasteiger partial charge is 0.573 e. The second-order valence-electron chi connectivity index (χ2n) is 4.43. The first-order valence-corrected chi connectivity index (χ1v) is 7.58. The van der Waals surface area contributed by atoms with Crippen molar-refractivity contribution in [1.82, 2.24) is 9.97 Å². The fraction of sp³-hybridized carbons (Fsp3) is 0.286. The number of halogens is 3. The average molecular weight is 329 g/mol. The number of hydrogen-bond donors (Lipinski definition) is 1. The number of alkyl halides is 3. The predicted molar refractivity (Wildman–Crippen MR) is 79.0 cm³/mol. The van der Waals surface area contributed by atoms with Crippen LogP contribution in [0.15, 0.2) is 41.7 Å². The van der Waals surface area contributed by atoms with Gasteiger partial charge in [0, 0.05) is 6.04 Å². The van der Waals surface area contributed by atoms with Crippen LogP contribution in [0.1, 0.15) is 18.5 Å². The van der Waals surface area contributed by atoms with Crippen LogP contribution in [0.3, 0.4) is 0 Å². The van der Waals surface area contributed by atoms with Crippen LogP contribution in [-0.2, 0) is 0 Å². The molecule has 1 aromatic carbocycles. The third-order valence-corrected chi connectivity index (χ3v) is 3.41. The summed E-state index contributed by atoms with van der Waals surface area (Å²) in [5.74, 6) is 0.364. The standard InChI is InChI=1S/C14H14F3N3OS/c1-9(19-12-7-18-8-13(20-12)22-2)10-3-5-11(6-4-10)21-14(15,16)17/h3-9H,1-2H3,(H,19,20)/t9-/m0/s1. The Labute approximate surface area is 130 Å². The smallest absolute Gasteiger partial charge is 0.406 e. The van der Waals surface area contributed by atoms with Crippen molar-refractivity contribution in [1.29, 1.82) is 0 Å². The predicted octanol–water partition coefficient (Wildman–Crippen LogP) is 4.27. The molecule has 118 valence electrons. The summed E-state index contributed by atoms with van der Waals surface area (Å²) in [5, 5.41) is 3.93. The van der Waals surface area contributed by atoms with Crippen LogP contribution in [0.25, 0.3) is 0 Å². The highest BCUT2D eigenvalue weighted by molar-refractivity contribution is 7.98. The number of thioether (sulfide) groups is 1. The highest BCUT2D eigenvalue weighted by atomic mass is 32.2. The van der Waals surface area contributed by atoms with Crippen molar-refractivity contribution in [2.24, 2.45) is 0 Å². The van der Waals surface area contributed by atoms with Gasteiger partial charge in [-0.1, -0.05) is 12.1 Å². The normalized spacial score (nSPS) is 12.8. The first-order valence-electron chi connectivity index (χ1n) is 6.35. The van der Waals surface area contributed by atoms with E-state index >= 15 is 0 Å². The zero-order valence-corrected chi connectivity index (χ0v) is 12.7. The van der Waals surface area contributed by atoms with Gasteiger partial charge < -0.3 is 10.1 Å². The van der Waals surface area contributed by atoms with Crippen LogP contribution >= 0.6 is 11.8 Å². The van der Waals surface area contributed by atoms with Crippen LogP contribution in [-0.4, -0.2) is 22.6 Å². The van der Waals surface area contributed by atoms with Gasteiger partial charge in [0.05, 0.1) is 12.4 Å². The number of nitrogens with zero attached hydrogens (tertiary/aromatic N) is 2. The van der Waals surface area contributed by atoms with Crippen molar-refractivity contribution in [3.63, 3.8) is 0 Å². The number of nitrogens with one attached hydrogen (secondary N) is 1. The minimum Gasteiger partial charge on any atom is -0.406 e. The van der Waals surface area contributed by atoms with Crippen molar-refractivity contribution in [3.05, 3.63) is 42.2 Å². The molecule has 1 atom stereocenters. The molecule has 1 aromatic heterocycles. The molecule has 0 bridgehead atoms. The lowest BCUT2D eigenvalue weighted by Gasteiger charge is -2.16. The molecular formula is C14H14F3N3OS. The lowest BCUT2D eigenvalue weighted by Crippen LogP contribution is -2.17. The van der Waals surface area contributed by atoms with Crippen LogP contribution in [0.5, 0.6) is 5.75 Å². The summed E-state index contributed by atoms with van der Waals surface area (Å²) < 4.78 is 40.2. The van der Waals surface area contributed by atoms with E-state index in [0.29, 0.717) is 5.82 Å². The van der Waals surface area contributed by atoms with Gasteiger partial charge in [-0.25, -0.2) is 4.98 Å². The fourth-order valence-corrected chi connectivity index (χ4v) is 2.14. The molecule has 0 fully saturated rings. The van der Waals surface area contributed by atoms with Gasteiger partial charge in [-0.15, -0.1) is 24.9 Å². The maximum atomic E-state index is 12.1. The minimum absolute atomic E-state index is 0.133. The van der Waals surface area contributed by atoms with Crippen molar-refractivity contribution < 1.29 is 17.9 Å². The van der Waals surface area contributed by atoms with E-state index in [9.17, 15) is 13.2 Å². The molecule has 0 aliphatic heterocycles. The zero-order chi connectivity index (χ0) is 16.2. The Kier molecular flexibility index (Phi) is 5.12. The second-order valence-corrected chi connectivity index (χ2v) is 5.26. The van der Waals surface area contributed by atoms with Gasteiger partial charge in [-0.3, -0.25) is 4.98 Å². The Bertz CT molecular complexity index is 619. The first kappa shape index (κ1) is 16.4. The number of benzene rings is 1. The molecule has 0 aliphatic rings. The summed E-state index contributed by atoms with van der Waals surface area (Å²) in [6, 6.07) is 5.58. The first-order chi connectivity index (χ1) is 10.4. The van der Waals surface area contributed by atoms with Gasteiger partial charge >= 0.3 is 6.36 Å². The summed E-state index contributed by atoms with van der Waals surface area (Å²) in [6.07, 6.45) is 0.469. The molecule has 0 saturated carbocycles. The van der Waals surface area contributed by atoms with E-state index in [1.54, 1.807) is 24.5 Å². The zero-order valence-electron chi connectivity index (χ0n) is 11.9. The molecule has 8 heteroatoms. The van der Waals surface area contributed by atoms with Crippen LogP contribution in [0.2, 0.25) is 0 Å². The maximum Gasteiger partial charge on any atom is 0.573 e. The molecule has 0 aliphatic carbocycles. The number of rotatable bonds is 5. The van der Waals surface area contributed by atoms with E-state index in [-0.39, 0.29) is 11.8 Å². The highest BCUT2D eigenvalue weighted by Gasteiger charge is 2.31. The van der Waals surface area contributed by atoms with Crippen molar-refractivity contribution in [3.8, 4) is 5.75 Å². The molecule has 4 nitrogen and oxygen atoms in total. The van der Waals surface area contributed by atoms with Gasteiger partial charge in [-0.05, 0) is 30.9 Å². The van der Waals surface area contributed by atoms with E-state index in [0.717, 1.165) is 10.6 Å². The van der Waals surface area contributed by atoms with Gasteiger partial charge in [-0.2, -0.15) is 0 Å². The van der Waals surface area contributed by atoms with E-state index in [1.807, 2.05) is 13.2 Å². The Morgan fingerprint density at radius 3 is 2.45 bits per heavy atom. The van der Waals surface area contributed by atoms with E-state index < -0.39 is 6.36 Å². The second kappa shape index (κ2) is 6.87. The van der Waals surface area contributed by atoms with Crippen LogP contribution < -0.4 is 10.1 Å². The van der Waals surface area contributed by atoms with E-state index in [2.05, 4.69) is 20.0 Å². The summed E-state index contributed by atoms with van der Waals surface area (Å²) in [4.78, 5) is 8.40. The van der Waals surface area contributed by atoms with Gasteiger partial charge in [0.2, 0.25) is 0 Å². The molecular weight excluding hydrogens is 315 g/mol. The lowest BCUT2D eigenvalue weighted by molar-refractivity contribution is -0.274. The number of hydrogen-bond acceptors (Lipinski definition) is 5. The molecule has 1 heterocycles. The number of anilines is 1. The minimum atomic E-state index is -4.68.